The third-order valence-electron chi connectivity index (χ3n) is 6.35. The molecule has 0 aliphatic rings. The van der Waals surface area contributed by atoms with E-state index in [1.807, 2.05) is 48.5 Å². The van der Waals surface area contributed by atoms with Gasteiger partial charge in [0.2, 0.25) is 0 Å². The smallest absolute Gasteiger partial charge is 0.331 e. The van der Waals surface area contributed by atoms with E-state index < -0.39 is 15.9 Å². The molecule has 0 saturated carbocycles. The summed E-state index contributed by atoms with van der Waals surface area (Å²) in [7, 11) is -4.53. The molecule has 7 nitrogen and oxygen atoms in total. The van der Waals surface area contributed by atoms with Gasteiger partial charge in [0.1, 0.15) is 5.75 Å². The van der Waals surface area contributed by atoms with Crippen molar-refractivity contribution in [2.75, 3.05) is 7.11 Å². The van der Waals surface area contributed by atoms with Crippen molar-refractivity contribution in [1.29, 1.82) is 0 Å². The molecular weight excluding hydrogens is 467 g/mol. The summed E-state index contributed by atoms with van der Waals surface area (Å²) < 4.78 is 25.0. The second-order valence-corrected chi connectivity index (χ2v) is 16.6. The van der Waals surface area contributed by atoms with Crippen molar-refractivity contribution in [3.63, 3.8) is 0 Å². The highest BCUT2D eigenvalue weighted by Crippen LogP contribution is 2.40. The fourth-order valence-electron chi connectivity index (χ4n) is 3.28. The van der Waals surface area contributed by atoms with Crippen LogP contribution in [0.5, 0.6) is 5.75 Å². The lowest BCUT2D eigenvalue weighted by Crippen LogP contribution is -2.40. The number of methoxy groups -OCH3 is 1. The zero-order chi connectivity index (χ0) is 25.1. The summed E-state index contributed by atoms with van der Waals surface area (Å²) in [6, 6.07) is 17.3. The van der Waals surface area contributed by atoms with Crippen LogP contribution in [-0.4, -0.2) is 35.0 Å². The Hall–Kier alpha value is -2.22. The van der Waals surface area contributed by atoms with Crippen molar-refractivity contribution in [1.82, 2.24) is 9.78 Å². The average molecular weight is 503 g/mol. The van der Waals surface area contributed by atoms with E-state index in [0.29, 0.717) is 24.5 Å². The molecule has 2 N–H and O–H groups in total. The number of hydrogen-bond acceptors (Lipinski definition) is 4. The van der Waals surface area contributed by atoms with E-state index in [0.717, 1.165) is 22.4 Å². The highest BCUT2D eigenvalue weighted by molar-refractivity contribution is 7.50. The monoisotopic (exact) mass is 502 g/mol. The normalized spacial score (nSPS) is 12.7. The Morgan fingerprint density at radius 3 is 2.29 bits per heavy atom. The van der Waals surface area contributed by atoms with Gasteiger partial charge < -0.3 is 18.9 Å². The van der Waals surface area contributed by atoms with Gasteiger partial charge in [-0.25, -0.2) is 0 Å². The molecule has 0 unspecified atom stereocenters. The first kappa shape index (κ1) is 26.4. The van der Waals surface area contributed by atoms with Crippen LogP contribution in [-0.2, 0) is 28.3 Å². The van der Waals surface area contributed by atoms with E-state index in [1.165, 1.54) is 0 Å². The van der Waals surface area contributed by atoms with Gasteiger partial charge >= 0.3 is 7.60 Å². The number of aromatic nitrogens is 2. The van der Waals surface area contributed by atoms with Crippen LogP contribution in [0.15, 0.2) is 54.6 Å². The van der Waals surface area contributed by atoms with Crippen molar-refractivity contribution in [2.24, 2.45) is 0 Å². The van der Waals surface area contributed by atoms with Gasteiger partial charge in [0, 0.05) is 5.56 Å². The van der Waals surface area contributed by atoms with Crippen LogP contribution in [0.3, 0.4) is 0 Å². The number of nitrogens with zero attached hydrogens (tertiary/aromatic N) is 2. The molecule has 0 radical (unpaired) electrons. The van der Waals surface area contributed by atoms with Crippen molar-refractivity contribution in [3.05, 3.63) is 71.4 Å². The Kier molecular flexibility index (Phi) is 7.90. The standard InChI is InChI=1S/C25H35N2O5PSi/c1-25(2,3)34(5,6)32-17-20-8-7-9-21(14-20)24-15-22(18-33(28,29)30)27(26-24)16-19-10-12-23(31-4)13-11-19/h7-15H,16-18H2,1-6H3,(H2,28,29,30). The van der Waals surface area contributed by atoms with E-state index in [-0.39, 0.29) is 11.2 Å². The molecule has 0 fully saturated rings. The number of rotatable bonds is 9. The van der Waals surface area contributed by atoms with Gasteiger partial charge in [-0.1, -0.05) is 51.1 Å². The summed E-state index contributed by atoms with van der Waals surface area (Å²) in [5.41, 5.74) is 4.05. The van der Waals surface area contributed by atoms with Crippen LogP contribution in [0, 0.1) is 0 Å². The molecule has 1 aromatic heterocycles. The van der Waals surface area contributed by atoms with E-state index in [9.17, 15) is 14.4 Å². The van der Waals surface area contributed by atoms with E-state index in [1.54, 1.807) is 17.9 Å². The fourth-order valence-corrected chi connectivity index (χ4v) is 4.91. The quantitative estimate of drug-likeness (QED) is 0.283. The summed E-state index contributed by atoms with van der Waals surface area (Å²) in [5, 5.41) is 4.83. The molecule has 0 amide bonds. The Morgan fingerprint density at radius 1 is 1.03 bits per heavy atom. The van der Waals surface area contributed by atoms with Crippen molar-refractivity contribution < 1.29 is 23.5 Å². The van der Waals surface area contributed by atoms with Gasteiger partial charge in [-0.05, 0) is 53.5 Å². The first-order valence-electron chi connectivity index (χ1n) is 11.2. The first-order valence-corrected chi connectivity index (χ1v) is 16.0. The molecule has 184 valence electrons. The minimum atomic E-state index is -4.26. The lowest BCUT2D eigenvalue weighted by atomic mass is 10.1. The molecule has 0 saturated heterocycles. The molecule has 1 heterocycles. The molecule has 3 aromatic rings. The largest absolute Gasteiger partial charge is 0.497 e. The SMILES string of the molecule is COc1ccc(Cn2nc(-c3cccc(CO[Si](C)(C)C(C)(C)C)c3)cc2CP(=O)(O)O)cc1. The predicted octanol–water partition coefficient (Wildman–Crippen LogP) is 5.81. The van der Waals surface area contributed by atoms with E-state index >= 15 is 0 Å². The second-order valence-electron chi connectivity index (χ2n) is 10.1. The van der Waals surface area contributed by atoms with Gasteiger partial charge in [0.15, 0.2) is 8.32 Å². The Morgan fingerprint density at radius 2 is 1.71 bits per heavy atom. The summed E-state index contributed by atoms with van der Waals surface area (Å²) in [6.45, 7) is 12.0. The maximum absolute atomic E-state index is 11.8. The second kappa shape index (κ2) is 10.2. The molecule has 0 atom stereocenters. The van der Waals surface area contributed by atoms with Crippen LogP contribution in [0.4, 0.5) is 0 Å². The predicted molar refractivity (Wildman–Crippen MR) is 137 cm³/mol. The molecule has 3 rings (SSSR count). The number of ether oxygens (including phenoxy) is 1. The highest BCUT2D eigenvalue weighted by atomic mass is 31.2. The summed E-state index contributed by atoms with van der Waals surface area (Å²) in [4.78, 5) is 19.2. The minimum Gasteiger partial charge on any atom is -0.497 e. The number of benzene rings is 2. The Balaban J connectivity index is 1.88. The Labute approximate surface area is 203 Å². The minimum absolute atomic E-state index is 0.127. The van der Waals surface area contributed by atoms with Crippen molar-refractivity contribution in [2.45, 2.75) is 58.2 Å². The maximum atomic E-state index is 11.8. The van der Waals surface area contributed by atoms with Gasteiger partial charge in [-0.15, -0.1) is 0 Å². The van der Waals surface area contributed by atoms with Crippen molar-refractivity contribution >= 4 is 15.9 Å². The summed E-state index contributed by atoms with van der Waals surface area (Å²) >= 11 is 0. The van der Waals surface area contributed by atoms with Crippen molar-refractivity contribution in [3.8, 4) is 17.0 Å². The third kappa shape index (κ3) is 6.90. The topological polar surface area (TPSA) is 93.8 Å². The molecular formula is C25H35N2O5PSi. The van der Waals surface area contributed by atoms with Gasteiger partial charge in [0.25, 0.3) is 0 Å². The summed E-state index contributed by atoms with van der Waals surface area (Å²) in [5.74, 6) is 0.747. The highest BCUT2D eigenvalue weighted by Gasteiger charge is 2.37. The molecule has 34 heavy (non-hydrogen) atoms. The van der Waals surface area contributed by atoms with Crippen LogP contribution in [0.1, 0.15) is 37.6 Å². The van der Waals surface area contributed by atoms with Gasteiger partial charge in [-0.2, -0.15) is 5.10 Å². The lowest BCUT2D eigenvalue weighted by molar-refractivity contribution is 0.276. The molecule has 0 spiro atoms. The lowest BCUT2D eigenvalue weighted by Gasteiger charge is -2.36. The van der Waals surface area contributed by atoms with E-state index in [4.69, 9.17) is 14.3 Å². The molecule has 0 aliphatic heterocycles. The van der Waals surface area contributed by atoms with Crippen LogP contribution in [0.2, 0.25) is 18.1 Å². The molecule has 0 bridgehead atoms. The molecule has 2 aromatic carbocycles. The maximum Gasteiger partial charge on any atom is 0.331 e. The Bertz CT molecular complexity index is 1160. The number of hydrogen-bond donors (Lipinski definition) is 2. The fraction of sp³-hybridized carbons (Fsp3) is 0.400. The zero-order valence-corrected chi connectivity index (χ0v) is 22.7. The van der Waals surface area contributed by atoms with Gasteiger partial charge in [-0.3, -0.25) is 9.25 Å². The molecule has 9 heteroatoms. The first-order chi connectivity index (χ1) is 15.8. The van der Waals surface area contributed by atoms with Gasteiger partial charge in [0.05, 0.1) is 37.8 Å². The van der Waals surface area contributed by atoms with Crippen LogP contribution >= 0.6 is 7.60 Å². The average Bonchev–Trinajstić information content (AvgIpc) is 3.13. The molecule has 0 aliphatic carbocycles. The van der Waals surface area contributed by atoms with Crippen LogP contribution in [0.25, 0.3) is 11.3 Å². The third-order valence-corrected chi connectivity index (χ3v) is 11.6. The summed E-state index contributed by atoms with van der Waals surface area (Å²) in [6.07, 6.45) is -0.371. The van der Waals surface area contributed by atoms with E-state index in [2.05, 4.69) is 33.9 Å². The zero-order valence-electron chi connectivity index (χ0n) is 20.8. The van der Waals surface area contributed by atoms with Crippen LogP contribution < -0.4 is 4.74 Å².